The van der Waals surface area contributed by atoms with E-state index >= 15 is 0 Å². The predicted octanol–water partition coefficient (Wildman–Crippen LogP) is 6.27. The van der Waals surface area contributed by atoms with E-state index in [0.29, 0.717) is 24.2 Å². The van der Waals surface area contributed by atoms with E-state index in [1.54, 1.807) is 56.9 Å². The maximum absolute atomic E-state index is 5.53. The Morgan fingerprint density at radius 3 is 0.679 bits per heavy atom. The molecule has 4 heterocycles. The van der Waals surface area contributed by atoms with Crippen LogP contribution < -0.4 is 37.9 Å². The lowest BCUT2D eigenvalue weighted by atomic mass is 9.76. The van der Waals surface area contributed by atoms with Gasteiger partial charge in [-0.25, -0.2) is 0 Å². The van der Waals surface area contributed by atoms with Crippen LogP contribution in [0.3, 0.4) is 0 Å². The Kier molecular flexibility index (Phi) is 10.9. The number of rotatable bonds is 8. The van der Waals surface area contributed by atoms with Gasteiger partial charge in [-0.05, 0) is 133 Å². The van der Waals surface area contributed by atoms with Gasteiger partial charge < -0.3 is 43.4 Å². The number of likely N-dealkylation sites (N-methyl/N-ethyl adjacent to an activating group) is 2. The fraction of sp³-hybridized carbons (Fsp3) is 0.429. The SMILES string of the molecule is COc1cc2c(cc1OC)[C@@H]1Cc3cc(OC)c(OC)cc3[C@H](C2)N1C.COc1cc2c(cc1OC)[C@@H]1Cc3cc(OC)c(OC)cc3[C@H](C2)N1C.O. The molecule has 0 radical (unpaired) electrons. The summed E-state index contributed by atoms with van der Waals surface area (Å²) in [4.78, 5) is 4.92. The minimum absolute atomic E-state index is 0. The summed E-state index contributed by atoms with van der Waals surface area (Å²) < 4.78 is 44.2. The molecule has 4 aliphatic heterocycles. The maximum Gasteiger partial charge on any atom is 0.161 e. The first kappa shape index (κ1) is 37.9. The fourth-order valence-electron chi connectivity index (χ4n) is 8.86. The van der Waals surface area contributed by atoms with Gasteiger partial charge >= 0.3 is 0 Å². The van der Waals surface area contributed by atoms with E-state index in [4.69, 9.17) is 37.9 Å². The van der Waals surface area contributed by atoms with Crippen molar-refractivity contribution in [2.24, 2.45) is 0 Å². The molecule has 4 aromatic carbocycles. The molecule has 0 amide bonds. The molecule has 4 atom stereocenters. The molecule has 0 fully saturated rings. The molecule has 0 saturated carbocycles. The van der Waals surface area contributed by atoms with E-state index in [0.717, 1.165) is 71.7 Å². The zero-order valence-electron chi connectivity index (χ0n) is 32.4. The van der Waals surface area contributed by atoms with Gasteiger partial charge in [0.2, 0.25) is 0 Å². The molecule has 2 N–H and O–H groups in total. The third kappa shape index (κ3) is 6.34. The first-order chi connectivity index (χ1) is 25.2. The molecule has 53 heavy (non-hydrogen) atoms. The van der Waals surface area contributed by atoms with Crippen LogP contribution >= 0.6 is 0 Å². The number of hydrogen-bond donors (Lipinski definition) is 0. The second-order valence-electron chi connectivity index (χ2n) is 13.8. The van der Waals surface area contributed by atoms with E-state index < -0.39 is 0 Å². The number of benzene rings is 4. The van der Waals surface area contributed by atoms with Crippen LogP contribution in [0, 0.1) is 0 Å². The molecule has 0 saturated heterocycles. The number of nitrogens with zero attached hydrogens (tertiary/aromatic N) is 2. The summed E-state index contributed by atoms with van der Waals surface area (Å²) in [7, 11) is 17.9. The summed E-state index contributed by atoms with van der Waals surface area (Å²) in [5, 5.41) is 0. The first-order valence-corrected chi connectivity index (χ1v) is 17.6. The second-order valence-corrected chi connectivity index (χ2v) is 13.8. The number of ether oxygens (including phenoxy) is 8. The van der Waals surface area contributed by atoms with Crippen LogP contribution in [0.2, 0.25) is 0 Å². The highest BCUT2D eigenvalue weighted by atomic mass is 16.5. The van der Waals surface area contributed by atoms with Gasteiger partial charge in [0.15, 0.2) is 46.0 Å². The number of methoxy groups -OCH3 is 8. The van der Waals surface area contributed by atoms with E-state index in [1.165, 1.54) is 44.5 Å². The van der Waals surface area contributed by atoms with Gasteiger partial charge in [-0.2, -0.15) is 0 Å². The first-order valence-electron chi connectivity index (χ1n) is 17.6. The van der Waals surface area contributed by atoms with Gasteiger partial charge in [0.25, 0.3) is 0 Å². The van der Waals surface area contributed by atoms with Crippen molar-refractivity contribution in [1.29, 1.82) is 0 Å². The van der Waals surface area contributed by atoms with Crippen LogP contribution in [0.4, 0.5) is 0 Å². The molecule has 4 bridgehead atoms. The highest BCUT2D eigenvalue weighted by Crippen LogP contribution is 2.52. The number of hydrogen-bond acceptors (Lipinski definition) is 10. The van der Waals surface area contributed by atoms with E-state index in [-0.39, 0.29) is 5.48 Å². The molecule has 4 aromatic rings. The third-order valence-corrected chi connectivity index (χ3v) is 11.6. The summed E-state index contributed by atoms with van der Waals surface area (Å²) in [6.45, 7) is 0. The molecule has 8 rings (SSSR count). The zero-order valence-corrected chi connectivity index (χ0v) is 32.4. The molecular formula is C42H52N2O9. The Hall–Kier alpha value is -4.84. The van der Waals surface area contributed by atoms with E-state index in [2.05, 4.69) is 72.4 Å². The second kappa shape index (κ2) is 15.3. The van der Waals surface area contributed by atoms with Crippen LogP contribution in [-0.2, 0) is 25.7 Å². The van der Waals surface area contributed by atoms with Crippen molar-refractivity contribution in [1.82, 2.24) is 9.80 Å². The molecule has 284 valence electrons. The lowest BCUT2D eigenvalue weighted by molar-refractivity contribution is 0.137. The van der Waals surface area contributed by atoms with Gasteiger partial charge in [0.05, 0.1) is 56.9 Å². The van der Waals surface area contributed by atoms with Gasteiger partial charge in [-0.1, -0.05) is 0 Å². The van der Waals surface area contributed by atoms with Crippen LogP contribution in [-0.4, -0.2) is 86.2 Å². The van der Waals surface area contributed by atoms with Crippen LogP contribution in [0.25, 0.3) is 0 Å². The van der Waals surface area contributed by atoms with Crippen LogP contribution in [0.5, 0.6) is 46.0 Å². The standard InChI is InChI=1S/2C21H25NO4.H2O/c2*1-22-16-6-12-8-18(23-2)20(25-4)10-14(12)17(22)7-13-9-19(24-3)21(26-5)11-15(13)16;/h2*8-11,16-17H,6-7H2,1-5H3;1H2/t2*16-,17-;/m00./s1. The minimum Gasteiger partial charge on any atom is -0.493 e. The summed E-state index contributed by atoms with van der Waals surface area (Å²) in [5.74, 6) is 6.32. The van der Waals surface area contributed by atoms with Crippen molar-refractivity contribution in [3.8, 4) is 46.0 Å². The molecule has 4 aliphatic rings. The average Bonchev–Trinajstić information content (AvgIpc) is 3.17. The molecule has 11 heteroatoms. The Balaban J connectivity index is 0.000000178. The number of fused-ring (bicyclic) bond motifs is 12. The normalized spacial score (nSPS) is 20.4. The van der Waals surface area contributed by atoms with Crippen molar-refractivity contribution in [2.45, 2.75) is 49.9 Å². The van der Waals surface area contributed by atoms with Crippen LogP contribution in [0.15, 0.2) is 48.5 Å². The molecular weight excluding hydrogens is 676 g/mol. The van der Waals surface area contributed by atoms with Gasteiger partial charge in [0, 0.05) is 24.2 Å². The zero-order chi connectivity index (χ0) is 36.8. The van der Waals surface area contributed by atoms with E-state index in [9.17, 15) is 0 Å². The third-order valence-electron chi connectivity index (χ3n) is 11.6. The summed E-state index contributed by atoms with van der Waals surface area (Å²) in [5.41, 5.74) is 10.6. The average molecular weight is 729 g/mol. The van der Waals surface area contributed by atoms with Crippen molar-refractivity contribution in [3.63, 3.8) is 0 Å². The maximum atomic E-state index is 5.53. The Morgan fingerprint density at radius 1 is 0.340 bits per heavy atom. The summed E-state index contributed by atoms with van der Waals surface area (Å²) in [6.07, 6.45) is 3.74. The molecule has 11 nitrogen and oxygen atoms in total. The Labute approximate surface area is 312 Å². The lowest BCUT2D eigenvalue weighted by Gasteiger charge is -2.46. The van der Waals surface area contributed by atoms with Crippen LogP contribution in [0.1, 0.15) is 68.7 Å². The van der Waals surface area contributed by atoms with Gasteiger partial charge in [-0.3, -0.25) is 9.80 Å². The Morgan fingerprint density at radius 2 is 0.509 bits per heavy atom. The largest absolute Gasteiger partial charge is 0.493 e. The van der Waals surface area contributed by atoms with E-state index in [1.807, 2.05) is 0 Å². The summed E-state index contributed by atoms with van der Waals surface area (Å²) in [6, 6.07) is 18.3. The lowest BCUT2D eigenvalue weighted by Crippen LogP contribution is -2.40. The quantitative estimate of drug-likeness (QED) is 0.206. The highest BCUT2D eigenvalue weighted by Gasteiger charge is 2.41. The van der Waals surface area contributed by atoms with Gasteiger partial charge in [-0.15, -0.1) is 0 Å². The highest BCUT2D eigenvalue weighted by molar-refractivity contribution is 5.57. The van der Waals surface area contributed by atoms with Crippen molar-refractivity contribution in [2.75, 3.05) is 71.0 Å². The van der Waals surface area contributed by atoms with Gasteiger partial charge in [0.1, 0.15) is 0 Å². The van der Waals surface area contributed by atoms with Crippen molar-refractivity contribution in [3.05, 3.63) is 93.0 Å². The predicted molar refractivity (Wildman–Crippen MR) is 203 cm³/mol. The smallest absolute Gasteiger partial charge is 0.161 e. The minimum atomic E-state index is 0. The molecule has 0 spiro atoms. The monoisotopic (exact) mass is 728 g/mol. The summed E-state index contributed by atoms with van der Waals surface area (Å²) >= 11 is 0. The van der Waals surface area contributed by atoms with Crippen molar-refractivity contribution >= 4 is 0 Å². The van der Waals surface area contributed by atoms with Crippen molar-refractivity contribution < 1.29 is 43.4 Å². The topological polar surface area (TPSA) is 112 Å². The fourth-order valence-corrected chi connectivity index (χ4v) is 8.86. The molecule has 0 aliphatic carbocycles. The molecule has 0 unspecified atom stereocenters. The molecule has 0 aromatic heterocycles. The Bertz CT molecular complexity index is 1700.